The first-order chi connectivity index (χ1) is 11.2. The molecule has 0 aliphatic carbocycles. The van der Waals surface area contributed by atoms with Gasteiger partial charge in [0.15, 0.2) is 0 Å². The summed E-state index contributed by atoms with van der Waals surface area (Å²) in [5.74, 6) is 0.326. The molecule has 0 unspecified atom stereocenters. The van der Waals surface area contributed by atoms with Crippen LogP contribution in [0.2, 0.25) is 5.02 Å². The van der Waals surface area contributed by atoms with E-state index in [0.717, 1.165) is 12.2 Å². The van der Waals surface area contributed by atoms with E-state index in [1.165, 1.54) is 0 Å². The van der Waals surface area contributed by atoms with E-state index in [4.69, 9.17) is 17.3 Å². The molecule has 7 heteroatoms. The first-order valence-electron chi connectivity index (χ1n) is 7.87. The van der Waals surface area contributed by atoms with Crippen molar-refractivity contribution in [3.63, 3.8) is 0 Å². The van der Waals surface area contributed by atoms with Crippen LogP contribution in [0, 0.1) is 0 Å². The number of amides is 2. The lowest BCUT2D eigenvalue weighted by molar-refractivity contribution is -0.117. The molecule has 0 saturated carbocycles. The fourth-order valence-corrected chi connectivity index (χ4v) is 2.61. The van der Waals surface area contributed by atoms with Crippen LogP contribution >= 0.6 is 23.4 Å². The second-order valence-corrected chi connectivity index (χ2v) is 7.66. The molecule has 0 spiro atoms. The summed E-state index contributed by atoms with van der Waals surface area (Å²) in [6, 6.07) is 4.25. The monoisotopic (exact) mass is 371 g/mol. The second-order valence-electron chi connectivity index (χ2n) is 6.26. The molecule has 0 radical (unpaired) electrons. The van der Waals surface area contributed by atoms with Crippen LogP contribution in [-0.4, -0.2) is 35.4 Å². The normalized spacial score (nSPS) is 12.6. The van der Waals surface area contributed by atoms with Crippen molar-refractivity contribution in [3.8, 4) is 0 Å². The number of carbonyl (C=O) groups excluding carboxylic acids is 2. The lowest BCUT2D eigenvalue weighted by Crippen LogP contribution is -2.42. The maximum Gasteiger partial charge on any atom is 0.253 e. The van der Waals surface area contributed by atoms with Crippen molar-refractivity contribution in [2.75, 3.05) is 17.3 Å². The van der Waals surface area contributed by atoms with Crippen LogP contribution in [-0.2, 0) is 4.79 Å². The van der Waals surface area contributed by atoms with Gasteiger partial charge >= 0.3 is 0 Å². The topological polar surface area (TPSA) is 84.2 Å². The van der Waals surface area contributed by atoms with E-state index in [-0.39, 0.29) is 22.4 Å². The number of rotatable bonds is 8. The van der Waals surface area contributed by atoms with Crippen LogP contribution in [0.25, 0.3) is 0 Å². The van der Waals surface area contributed by atoms with Crippen molar-refractivity contribution in [2.45, 2.75) is 45.2 Å². The molecule has 0 heterocycles. The fourth-order valence-electron chi connectivity index (χ4n) is 1.85. The number of carbonyl (C=O) groups is 2. The molecular weight excluding hydrogens is 346 g/mol. The van der Waals surface area contributed by atoms with Gasteiger partial charge in [-0.1, -0.05) is 18.5 Å². The molecule has 134 valence electrons. The Morgan fingerprint density at radius 3 is 2.58 bits per heavy atom. The van der Waals surface area contributed by atoms with Gasteiger partial charge in [0.25, 0.3) is 5.91 Å². The minimum absolute atomic E-state index is 0.235. The Labute approximate surface area is 153 Å². The third kappa shape index (κ3) is 6.34. The number of anilines is 1. The minimum atomic E-state index is -0.565. The highest BCUT2D eigenvalue weighted by Gasteiger charge is 2.21. The van der Waals surface area contributed by atoms with E-state index in [0.29, 0.717) is 17.7 Å². The zero-order chi connectivity index (χ0) is 18.3. The lowest BCUT2D eigenvalue weighted by atomic mass is 10.0. The molecule has 5 nitrogen and oxygen atoms in total. The Balaban J connectivity index is 2.77. The van der Waals surface area contributed by atoms with Gasteiger partial charge in [0.2, 0.25) is 5.91 Å². The molecule has 4 N–H and O–H groups in total. The molecule has 0 aliphatic rings. The third-order valence-electron chi connectivity index (χ3n) is 3.79. The van der Waals surface area contributed by atoms with Crippen molar-refractivity contribution in [3.05, 3.63) is 28.8 Å². The number of hydrogen-bond donors (Lipinski definition) is 3. The first kappa shape index (κ1) is 20.8. The largest absolute Gasteiger partial charge is 0.347 e. The Kier molecular flexibility index (Phi) is 8.06. The maximum atomic E-state index is 12.3. The SMILES string of the molecule is CCC(C)(C)NC(=O)c1ccc(NC(=O)[C@@H](N)CCSC)cc1Cl. The highest BCUT2D eigenvalue weighted by Crippen LogP contribution is 2.22. The number of hydrogen-bond acceptors (Lipinski definition) is 4. The molecule has 24 heavy (non-hydrogen) atoms. The maximum absolute atomic E-state index is 12.3. The number of benzene rings is 1. The number of thioether (sulfide) groups is 1. The highest BCUT2D eigenvalue weighted by atomic mass is 35.5. The predicted octanol–water partition coefficient (Wildman–Crippen LogP) is 3.28. The highest BCUT2D eigenvalue weighted by molar-refractivity contribution is 7.98. The van der Waals surface area contributed by atoms with Crippen molar-refractivity contribution in [1.29, 1.82) is 0 Å². The number of nitrogens with two attached hydrogens (primary N) is 1. The zero-order valence-electron chi connectivity index (χ0n) is 14.6. The van der Waals surface area contributed by atoms with Gasteiger partial charge in [-0.2, -0.15) is 11.8 Å². The summed E-state index contributed by atoms with van der Waals surface area (Å²) in [5.41, 5.74) is 6.42. The minimum Gasteiger partial charge on any atom is -0.347 e. The van der Waals surface area contributed by atoms with Gasteiger partial charge in [-0.05, 0) is 56.9 Å². The molecular formula is C17H26ClN3O2S. The summed E-state index contributed by atoms with van der Waals surface area (Å²) >= 11 is 7.84. The van der Waals surface area contributed by atoms with E-state index in [2.05, 4.69) is 10.6 Å². The van der Waals surface area contributed by atoms with Crippen LogP contribution in [0.4, 0.5) is 5.69 Å². The number of halogens is 1. The molecule has 1 aromatic rings. The molecule has 0 fully saturated rings. The second kappa shape index (κ2) is 9.30. The Hall–Kier alpha value is -1.24. The number of nitrogens with one attached hydrogen (secondary N) is 2. The Morgan fingerprint density at radius 1 is 1.38 bits per heavy atom. The first-order valence-corrected chi connectivity index (χ1v) is 9.64. The Morgan fingerprint density at radius 2 is 2.04 bits per heavy atom. The summed E-state index contributed by atoms with van der Waals surface area (Å²) < 4.78 is 0. The van der Waals surface area contributed by atoms with Crippen LogP contribution in [0.15, 0.2) is 18.2 Å². The van der Waals surface area contributed by atoms with Gasteiger partial charge in [-0.25, -0.2) is 0 Å². The van der Waals surface area contributed by atoms with Gasteiger partial charge in [0.05, 0.1) is 16.6 Å². The third-order valence-corrected chi connectivity index (χ3v) is 4.74. The lowest BCUT2D eigenvalue weighted by Gasteiger charge is -2.24. The van der Waals surface area contributed by atoms with E-state index < -0.39 is 6.04 Å². The van der Waals surface area contributed by atoms with Crippen molar-refractivity contribution >= 4 is 40.9 Å². The molecule has 1 aromatic carbocycles. The summed E-state index contributed by atoms with van der Waals surface area (Å²) in [6.07, 6.45) is 3.37. The molecule has 2 amide bonds. The van der Waals surface area contributed by atoms with E-state index in [1.807, 2.05) is 27.0 Å². The fraction of sp³-hybridized carbons (Fsp3) is 0.529. The van der Waals surface area contributed by atoms with E-state index in [9.17, 15) is 9.59 Å². The van der Waals surface area contributed by atoms with E-state index >= 15 is 0 Å². The van der Waals surface area contributed by atoms with Crippen molar-refractivity contribution in [2.24, 2.45) is 5.73 Å². The van der Waals surface area contributed by atoms with Crippen LogP contribution in [0.1, 0.15) is 44.0 Å². The summed E-state index contributed by atoms with van der Waals surface area (Å²) in [5, 5.41) is 5.95. The average molecular weight is 372 g/mol. The summed E-state index contributed by atoms with van der Waals surface area (Å²) in [6.45, 7) is 5.90. The molecule has 0 aromatic heterocycles. The predicted molar refractivity (Wildman–Crippen MR) is 103 cm³/mol. The van der Waals surface area contributed by atoms with Crippen LogP contribution in [0.3, 0.4) is 0 Å². The van der Waals surface area contributed by atoms with Gasteiger partial charge in [0, 0.05) is 11.2 Å². The van der Waals surface area contributed by atoms with Gasteiger partial charge in [-0.15, -0.1) is 0 Å². The Bertz CT molecular complexity index is 593. The molecule has 0 saturated heterocycles. The molecule has 0 aliphatic heterocycles. The van der Waals surface area contributed by atoms with Gasteiger partial charge in [-0.3, -0.25) is 9.59 Å². The quantitative estimate of drug-likeness (QED) is 0.654. The van der Waals surface area contributed by atoms with Crippen LogP contribution in [0.5, 0.6) is 0 Å². The molecule has 1 atom stereocenters. The average Bonchev–Trinajstić information content (AvgIpc) is 2.52. The molecule has 1 rings (SSSR count). The summed E-state index contributed by atoms with van der Waals surface area (Å²) in [4.78, 5) is 24.3. The van der Waals surface area contributed by atoms with Gasteiger partial charge < -0.3 is 16.4 Å². The van der Waals surface area contributed by atoms with Crippen molar-refractivity contribution in [1.82, 2.24) is 5.32 Å². The summed E-state index contributed by atoms with van der Waals surface area (Å²) in [7, 11) is 0. The molecule has 0 bridgehead atoms. The van der Waals surface area contributed by atoms with E-state index in [1.54, 1.807) is 30.0 Å². The van der Waals surface area contributed by atoms with Crippen molar-refractivity contribution < 1.29 is 9.59 Å². The smallest absolute Gasteiger partial charge is 0.253 e. The van der Waals surface area contributed by atoms with Gasteiger partial charge in [0.1, 0.15) is 0 Å². The zero-order valence-corrected chi connectivity index (χ0v) is 16.2. The van der Waals surface area contributed by atoms with Crippen LogP contribution < -0.4 is 16.4 Å². The standard InChI is InChI=1S/C17H26ClN3O2S/c1-5-17(2,3)21-15(22)12-7-6-11(10-13(12)18)20-16(23)14(19)8-9-24-4/h6-7,10,14H,5,8-9,19H2,1-4H3,(H,20,23)(H,21,22)/t14-/m0/s1.